The monoisotopic (exact) mass is 314 g/mol. The summed E-state index contributed by atoms with van der Waals surface area (Å²) in [4.78, 5) is 17.0. The second-order valence-electron chi connectivity index (χ2n) is 6.61. The van der Waals surface area contributed by atoms with E-state index in [0.717, 1.165) is 25.1 Å². The lowest BCUT2D eigenvalue weighted by molar-refractivity contribution is -0.135. The predicted molar refractivity (Wildman–Crippen MR) is 88.6 cm³/mol. The van der Waals surface area contributed by atoms with E-state index in [1.165, 1.54) is 25.0 Å². The van der Waals surface area contributed by atoms with Crippen LogP contribution in [0.25, 0.3) is 0 Å². The van der Waals surface area contributed by atoms with Crippen LogP contribution in [0.15, 0.2) is 0 Å². The van der Waals surface area contributed by atoms with Crippen molar-refractivity contribution in [3.8, 4) is 0 Å². The van der Waals surface area contributed by atoms with Crippen molar-refractivity contribution in [3.63, 3.8) is 0 Å². The summed E-state index contributed by atoms with van der Waals surface area (Å²) in [6, 6.07) is 0.785. The van der Waals surface area contributed by atoms with Crippen LogP contribution < -0.4 is 0 Å². The number of hydrogen-bond donors (Lipinski definition) is 1. The zero-order valence-corrected chi connectivity index (χ0v) is 14.3. The lowest BCUT2D eigenvalue weighted by Crippen LogP contribution is -2.47. The van der Waals surface area contributed by atoms with Crippen LogP contribution in [0.3, 0.4) is 0 Å². The van der Waals surface area contributed by atoms with Gasteiger partial charge in [-0.15, -0.1) is 0 Å². The van der Waals surface area contributed by atoms with Crippen molar-refractivity contribution in [1.82, 2.24) is 9.80 Å². The number of hydrogen-bond acceptors (Lipinski definition) is 4. The average Bonchev–Trinajstić information content (AvgIpc) is 2.86. The van der Waals surface area contributed by atoms with Gasteiger partial charge in [0.2, 0.25) is 5.91 Å². The molecule has 0 spiro atoms. The minimum atomic E-state index is -0.327. The second-order valence-corrected chi connectivity index (χ2v) is 7.76. The van der Waals surface area contributed by atoms with Gasteiger partial charge in [-0.05, 0) is 45.4 Å². The van der Waals surface area contributed by atoms with E-state index in [4.69, 9.17) is 0 Å². The largest absolute Gasteiger partial charge is 0.393 e. The Morgan fingerprint density at radius 2 is 2.19 bits per heavy atom. The number of thioether (sulfide) groups is 1. The van der Waals surface area contributed by atoms with E-state index < -0.39 is 0 Å². The van der Waals surface area contributed by atoms with Crippen molar-refractivity contribution in [1.29, 1.82) is 0 Å². The van der Waals surface area contributed by atoms with Gasteiger partial charge in [-0.3, -0.25) is 9.69 Å². The normalized spacial score (nSPS) is 28.7. The van der Waals surface area contributed by atoms with E-state index in [1.807, 2.05) is 18.7 Å². The standard InChI is InChI=1S/C16H30N2O2S/c1-13(19)10-14-6-4-3-5-8-18(14)16(20)11-17(2)15-7-9-21-12-15/h13-15,19H,3-12H2,1-2H3/t13-,14-,15+/m0/s1. The fraction of sp³-hybridized carbons (Fsp3) is 0.938. The second kappa shape index (κ2) is 8.39. The molecule has 0 aromatic heterocycles. The number of nitrogens with zero attached hydrogens (tertiary/aromatic N) is 2. The molecule has 2 heterocycles. The molecule has 0 bridgehead atoms. The zero-order valence-electron chi connectivity index (χ0n) is 13.5. The first-order valence-corrected chi connectivity index (χ1v) is 9.49. The molecule has 2 aliphatic rings. The van der Waals surface area contributed by atoms with E-state index in [1.54, 1.807) is 0 Å². The Hall–Kier alpha value is -0.260. The van der Waals surface area contributed by atoms with Crippen molar-refractivity contribution in [2.24, 2.45) is 0 Å². The number of rotatable bonds is 5. The van der Waals surface area contributed by atoms with Crippen LogP contribution in [0.2, 0.25) is 0 Å². The van der Waals surface area contributed by atoms with Crippen molar-refractivity contribution >= 4 is 17.7 Å². The minimum absolute atomic E-state index is 0.228. The van der Waals surface area contributed by atoms with Gasteiger partial charge in [-0.2, -0.15) is 11.8 Å². The maximum absolute atomic E-state index is 12.7. The summed E-state index contributed by atoms with van der Waals surface area (Å²) in [5.74, 6) is 2.63. The summed E-state index contributed by atoms with van der Waals surface area (Å²) in [5, 5.41) is 9.70. The fourth-order valence-electron chi connectivity index (χ4n) is 3.45. The first-order chi connectivity index (χ1) is 10.1. The van der Waals surface area contributed by atoms with Gasteiger partial charge < -0.3 is 10.0 Å². The first-order valence-electron chi connectivity index (χ1n) is 8.33. The Morgan fingerprint density at radius 3 is 2.86 bits per heavy atom. The van der Waals surface area contributed by atoms with E-state index in [2.05, 4.69) is 16.8 Å². The average molecular weight is 314 g/mol. The molecule has 0 saturated carbocycles. The summed E-state index contributed by atoms with van der Waals surface area (Å²) in [5.41, 5.74) is 0. The third kappa shape index (κ3) is 5.15. The summed E-state index contributed by atoms with van der Waals surface area (Å²) in [7, 11) is 2.08. The van der Waals surface area contributed by atoms with E-state index in [0.29, 0.717) is 19.0 Å². The van der Waals surface area contributed by atoms with Crippen LogP contribution >= 0.6 is 11.8 Å². The first kappa shape index (κ1) is 17.1. The molecule has 122 valence electrons. The Labute approximate surface area is 133 Å². The van der Waals surface area contributed by atoms with Crippen LogP contribution in [0.5, 0.6) is 0 Å². The highest BCUT2D eigenvalue weighted by molar-refractivity contribution is 7.99. The highest BCUT2D eigenvalue weighted by atomic mass is 32.2. The van der Waals surface area contributed by atoms with Crippen molar-refractivity contribution < 1.29 is 9.90 Å². The molecular weight excluding hydrogens is 284 g/mol. The Bertz CT molecular complexity index is 332. The number of carbonyl (C=O) groups is 1. The maximum Gasteiger partial charge on any atom is 0.236 e. The van der Waals surface area contributed by atoms with Crippen LogP contribution in [-0.2, 0) is 4.79 Å². The third-order valence-electron chi connectivity index (χ3n) is 4.72. The lowest BCUT2D eigenvalue weighted by atomic mass is 10.0. The van der Waals surface area contributed by atoms with E-state index >= 15 is 0 Å². The van der Waals surface area contributed by atoms with Crippen LogP contribution in [0, 0.1) is 0 Å². The van der Waals surface area contributed by atoms with Gasteiger partial charge in [0.25, 0.3) is 0 Å². The number of aliphatic hydroxyl groups is 1. The predicted octanol–water partition coefficient (Wildman–Crippen LogP) is 1.97. The number of likely N-dealkylation sites (tertiary alicyclic amines) is 1. The highest BCUT2D eigenvalue weighted by Crippen LogP contribution is 2.23. The number of likely N-dealkylation sites (N-methyl/N-ethyl adjacent to an activating group) is 1. The van der Waals surface area contributed by atoms with Gasteiger partial charge in [-0.25, -0.2) is 0 Å². The smallest absolute Gasteiger partial charge is 0.236 e. The van der Waals surface area contributed by atoms with Gasteiger partial charge >= 0.3 is 0 Å². The van der Waals surface area contributed by atoms with Crippen molar-refractivity contribution in [2.75, 3.05) is 31.6 Å². The molecule has 2 rings (SSSR count). The molecule has 2 aliphatic heterocycles. The minimum Gasteiger partial charge on any atom is -0.393 e. The van der Waals surface area contributed by atoms with Crippen LogP contribution in [0.4, 0.5) is 0 Å². The molecule has 2 saturated heterocycles. The lowest BCUT2D eigenvalue weighted by Gasteiger charge is -2.33. The van der Waals surface area contributed by atoms with Gasteiger partial charge in [0.15, 0.2) is 0 Å². The van der Waals surface area contributed by atoms with Crippen LogP contribution in [-0.4, -0.2) is 70.6 Å². The molecule has 4 nitrogen and oxygen atoms in total. The summed E-state index contributed by atoms with van der Waals surface area (Å²) < 4.78 is 0. The summed E-state index contributed by atoms with van der Waals surface area (Å²) in [6.45, 7) is 3.22. The molecule has 0 aromatic carbocycles. The molecule has 0 aromatic rings. The van der Waals surface area contributed by atoms with Crippen molar-refractivity contribution in [3.05, 3.63) is 0 Å². The molecule has 21 heavy (non-hydrogen) atoms. The summed E-state index contributed by atoms with van der Waals surface area (Å²) >= 11 is 1.99. The molecule has 0 unspecified atom stereocenters. The van der Waals surface area contributed by atoms with E-state index in [-0.39, 0.29) is 18.1 Å². The topological polar surface area (TPSA) is 43.8 Å². The Kier molecular flexibility index (Phi) is 6.83. The molecular formula is C16H30N2O2S. The Balaban J connectivity index is 1.92. The maximum atomic E-state index is 12.7. The quantitative estimate of drug-likeness (QED) is 0.842. The van der Waals surface area contributed by atoms with Crippen LogP contribution in [0.1, 0.15) is 45.4 Å². The number of amides is 1. The molecule has 2 fully saturated rings. The van der Waals surface area contributed by atoms with Gasteiger partial charge in [0, 0.05) is 24.4 Å². The SMILES string of the molecule is C[C@H](O)C[C@@H]1CCCCCN1C(=O)CN(C)[C@@H]1CCSC1. The molecule has 0 aliphatic carbocycles. The molecule has 1 amide bonds. The van der Waals surface area contributed by atoms with Gasteiger partial charge in [-0.1, -0.05) is 12.8 Å². The van der Waals surface area contributed by atoms with Gasteiger partial charge in [0.1, 0.15) is 0 Å². The molecule has 0 radical (unpaired) electrons. The fourth-order valence-corrected chi connectivity index (χ4v) is 4.75. The zero-order chi connectivity index (χ0) is 15.2. The number of carbonyl (C=O) groups excluding carboxylic acids is 1. The highest BCUT2D eigenvalue weighted by Gasteiger charge is 2.29. The molecule has 5 heteroatoms. The Morgan fingerprint density at radius 1 is 1.38 bits per heavy atom. The third-order valence-corrected chi connectivity index (χ3v) is 5.87. The van der Waals surface area contributed by atoms with E-state index in [9.17, 15) is 9.90 Å². The molecule has 3 atom stereocenters. The molecule has 1 N–H and O–H groups in total. The van der Waals surface area contributed by atoms with Crippen molar-refractivity contribution in [2.45, 2.75) is 63.6 Å². The summed E-state index contributed by atoms with van der Waals surface area (Å²) in [6.07, 6.45) is 6.11. The number of aliphatic hydroxyl groups excluding tert-OH is 1. The van der Waals surface area contributed by atoms with Gasteiger partial charge in [0.05, 0.1) is 12.6 Å².